The Bertz CT molecular complexity index is 598. The summed E-state index contributed by atoms with van der Waals surface area (Å²) in [7, 11) is 0. The monoisotopic (exact) mass is 326 g/mol. The van der Waals surface area contributed by atoms with E-state index < -0.39 is 60.6 Å². The lowest BCUT2D eigenvalue weighted by Gasteiger charge is -2.31. The van der Waals surface area contributed by atoms with Gasteiger partial charge in [0.1, 0.15) is 12.3 Å². The van der Waals surface area contributed by atoms with Crippen molar-refractivity contribution in [1.82, 2.24) is 9.78 Å². The number of alkyl halides is 6. The van der Waals surface area contributed by atoms with Crippen LogP contribution in [0.4, 0.5) is 26.3 Å². The van der Waals surface area contributed by atoms with Crippen molar-refractivity contribution in [1.29, 1.82) is 0 Å². The van der Waals surface area contributed by atoms with Crippen LogP contribution in [-0.4, -0.2) is 34.1 Å². The maximum atomic E-state index is 13.5. The Morgan fingerprint density at radius 1 is 1.05 bits per heavy atom. The third-order valence-electron chi connectivity index (χ3n) is 4.18. The normalized spacial score (nSPS) is 32.4. The van der Waals surface area contributed by atoms with Gasteiger partial charge in [-0.3, -0.25) is 9.48 Å². The quantitative estimate of drug-likeness (QED) is 0.742. The molecule has 1 saturated carbocycles. The van der Waals surface area contributed by atoms with Crippen molar-refractivity contribution in [3.63, 3.8) is 0 Å². The molecule has 122 valence electrons. The first-order chi connectivity index (χ1) is 10.2. The Hall–Kier alpha value is -1.54. The number of aromatic nitrogens is 2. The van der Waals surface area contributed by atoms with E-state index >= 15 is 0 Å². The lowest BCUT2D eigenvalue weighted by molar-refractivity contribution is -0.142. The van der Waals surface area contributed by atoms with Gasteiger partial charge in [0.15, 0.2) is 17.6 Å². The number of halogens is 6. The third-order valence-corrected chi connectivity index (χ3v) is 4.18. The zero-order valence-electron chi connectivity index (χ0n) is 11.2. The number of nitrogens with zero attached hydrogens (tertiary/aromatic N) is 2. The summed E-state index contributed by atoms with van der Waals surface area (Å²) in [5.74, 6) is -0.679. The Kier molecular flexibility index (Phi) is 3.48. The average molecular weight is 326 g/mol. The first kappa shape index (κ1) is 15.4. The van der Waals surface area contributed by atoms with E-state index in [4.69, 9.17) is 0 Å². The van der Waals surface area contributed by atoms with Crippen LogP contribution < -0.4 is 0 Å². The van der Waals surface area contributed by atoms with Crippen LogP contribution in [0.25, 0.3) is 0 Å². The van der Waals surface area contributed by atoms with E-state index in [1.54, 1.807) is 0 Å². The Labute approximate surface area is 121 Å². The highest BCUT2D eigenvalue weighted by atomic mass is 19.4. The molecular formula is C13H12F6N2O. The molecule has 0 spiro atoms. The molecule has 0 amide bonds. The minimum atomic E-state index is -4.82. The Morgan fingerprint density at radius 3 is 2.18 bits per heavy atom. The van der Waals surface area contributed by atoms with Gasteiger partial charge in [0, 0.05) is 19.3 Å². The molecule has 0 N–H and O–H groups in total. The van der Waals surface area contributed by atoms with Crippen LogP contribution in [0.15, 0.2) is 0 Å². The van der Waals surface area contributed by atoms with Crippen molar-refractivity contribution < 1.29 is 31.1 Å². The van der Waals surface area contributed by atoms with Crippen molar-refractivity contribution in [2.75, 3.05) is 0 Å². The summed E-state index contributed by atoms with van der Waals surface area (Å²) in [6, 6.07) is -1.02. The molecule has 22 heavy (non-hydrogen) atoms. The van der Waals surface area contributed by atoms with Gasteiger partial charge in [-0.25, -0.2) is 13.2 Å². The van der Waals surface area contributed by atoms with E-state index in [1.807, 2.05) is 0 Å². The van der Waals surface area contributed by atoms with E-state index in [-0.39, 0.29) is 18.5 Å². The highest BCUT2D eigenvalue weighted by Gasteiger charge is 2.46. The van der Waals surface area contributed by atoms with E-state index in [0.29, 0.717) is 0 Å². The molecule has 1 fully saturated rings. The van der Waals surface area contributed by atoms with Crippen LogP contribution in [-0.2, 0) is 12.6 Å². The Morgan fingerprint density at radius 2 is 1.64 bits per heavy atom. The predicted molar refractivity (Wildman–Crippen MR) is 62.8 cm³/mol. The average Bonchev–Trinajstić information content (AvgIpc) is 2.96. The molecule has 2 aliphatic rings. The molecule has 1 aromatic heterocycles. The summed E-state index contributed by atoms with van der Waals surface area (Å²) < 4.78 is 80.0. The molecule has 1 aromatic rings. The molecule has 4 atom stereocenters. The van der Waals surface area contributed by atoms with Crippen LogP contribution in [0.3, 0.4) is 0 Å². The number of Topliss-reactive ketones (excluding diaryl/α,β-unsaturated/α-hetero) is 1. The lowest BCUT2D eigenvalue weighted by Crippen LogP contribution is -2.38. The summed E-state index contributed by atoms with van der Waals surface area (Å²) in [4.78, 5) is 11.6. The fraction of sp³-hybridized carbons (Fsp3) is 0.692. The zero-order chi connectivity index (χ0) is 16.2. The van der Waals surface area contributed by atoms with Crippen LogP contribution >= 0.6 is 0 Å². The predicted octanol–water partition coefficient (Wildman–Crippen LogP) is 3.38. The van der Waals surface area contributed by atoms with Crippen LogP contribution in [0.2, 0.25) is 0 Å². The summed E-state index contributed by atoms with van der Waals surface area (Å²) in [6.07, 6.45) is -12.3. The number of hydrogen-bond acceptors (Lipinski definition) is 2. The van der Waals surface area contributed by atoms with E-state index in [9.17, 15) is 31.1 Å². The van der Waals surface area contributed by atoms with Crippen molar-refractivity contribution in [3.8, 4) is 0 Å². The fourth-order valence-corrected chi connectivity index (χ4v) is 3.16. The van der Waals surface area contributed by atoms with E-state index in [2.05, 4.69) is 5.10 Å². The number of ketones is 1. The van der Waals surface area contributed by atoms with Gasteiger partial charge in [0.25, 0.3) is 0 Å². The highest BCUT2D eigenvalue weighted by molar-refractivity contribution is 6.01. The van der Waals surface area contributed by atoms with Crippen LogP contribution in [0, 0.1) is 0 Å². The molecule has 0 bridgehead atoms. The van der Waals surface area contributed by atoms with Crippen molar-refractivity contribution in [2.45, 2.75) is 56.4 Å². The maximum absolute atomic E-state index is 13.5. The van der Waals surface area contributed by atoms with E-state index in [1.165, 1.54) is 0 Å². The first-order valence-electron chi connectivity index (χ1n) is 6.84. The van der Waals surface area contributed by atoms with Gasteiger partial charge < -0.3 is 0 Å². The summed E-state index contributed by atoms with van der Waals surface area (Å²) in [5.41, 5.74) is -1.79. The number of carbonyl (C=O) groups is 1. The van der Waals surface area contributed by atoms with Gasteiger partial charge in [-0.15, -0.1) is 0 Å². The number of rotatable bonds is 1. The van der Waals surface area contributed by atoms with Crippen LogP contribution in [0.1, 0.15) is 47.1 Å². The zero-order valence-corrected chi connectivity index (χ0v) is 11.2. The second kappa shape index (κ2) is 4.99. The van der Waals surface area contributed by atoms with Gasteiger partial charge in [-0.05, 0) is 6.42 Å². The number of hydrogen-bond donors (Lipinski definition) is 0. The van der Waals surface area contributed by atoms with Crippen molar-refractivity contribution in [3.05, 3.63) is 17.0 Å². The second-order valence-corrected chi connectivity index (χ2v) is 5.64. The summed E-state index contributed by atoms with van der Waals surface area (Å²) >= 11 is 0. The van der Waals surface area contributed by atoms with Crippen molar-refractivity contribution in [2.24, 2.45) is 0 Å². The van der Waals surface area contributed by atoms with Gasteiger partial charge in [0.05, 0.1) is 17.3 Å². The number of fused-ring (bicyclic) bond motifs is 1. The second-order valence-electron chi connectivity index (χ2n) is 5.64. The molecular weight excluding hydrogens is 314 g/mol. The highest BCUT2D eigenvalue weighted by Crippen LogP contribution is 2.41. The molecule has 0 aromatic carbocycles. The van der Waals surface area contributed by atoms with Gasteiger partial charge in [-0.2, -0.15) is 18.3 Å². The van der Waals surface area contributed by atoms with Gasteiger partial charge in [-0.1, -0.05) is 0 Å². The van der Waals surface area contributed by atoms with Crippen LogP contribution in [0.5, 0.6) is 0 Å². The lowest BCUT2D eigenvalue weighted by atomic mass is 9.90. The smallest absolute Gasteiger partial charge is 0.294 e. The molecule has 9 heteroatoms. The minimum Gasteiger partial charge on any atom is -0.294 e. The maximum Gasteiger partial charge on any atom is 0.435 e. The molecule has 2 aliphatic carbocycles. The summed E-state index contributed by atoms with van der Waals surface area (Å²) in [6.45, 7) is 0. The molecule has 1 heterocycles. The van der Waals surface area contributed by atoms with E-state index in [0.717, 1.165) is 4.68 Å². The molecule has 0 aliphatic heterocycles. The third kappa shape index (κ3) is 2.30. The number of carbonyl (C=O) groups excluding carboxylic acids is 1. The minimum absolute atomic E-state index is 0.0408. The SMILES string of the molecule is O=C1CCc2c1c(C(F)(F)F)nn2[C@@H]1C[C@@H](F)[C@@H](F)[C@@H](F)C1. The molecule has 0 saturated heterocycles. The largest absolute Gasteiger partial charge is 0.435 e. The molecule has 0 unspecified atom stereocenters. The molecule has 3 rings (SSSR count). The first-order valence-corrected chi connectivity index (χ1v) is 6.84. The molecule has 3 nitrogen and oxygen atoms in total. The molecule has 0 radical (unpaired) electrons. The van der Waals surface area contributed by atoms with Crippen molar-refractivity contribution >= 4 is 5.78 Å². The topological polar surface area (TPSA) is 34.9 Å². The Balaban J connectivity index is 2.02. The standard InChI is InChI=1S/C13H12F6N2O/c14-6-3-5(4-7(15)11(6)16)21-8-1-2-9(22)10(8)12(20-21)13(17,18)19/h5-7,11H,1-4H2/t5-,6-,7+,11-. The fourth-order valence-electron chi connectivity index (χ4n) is 3.16. The van der Waals surface area contributed by atoms with Gasteiger partial charge >= 0.3 is 6.18 Å². The van der Waals surface area contributed by atoms with Gasteiger partial charge in [0.2, 0.25) is 0 Å². The summed E-state index contributed by atoms with van der Waals surface area (Å²) in [5, 5.41) is 3.39.